The number of methoxy groups -OCH3 is 1. The van der Waals surface area contributed by atoms with Gasteiger partial charge in [0.15, 0.2) is 0 Å². The Bertz CT molecular complexity index is 344. The maximum atomic E-state index is 5.30. The number of nitrogens with one attached hydrogen (secondary N) is 1. The molecule has 0 spiro atoms. The van der Waals surface area contributed by atoms with E-state index < -0.39 is 0 Å². The fourth-order valence-electron chi connectivity index (χ4n) is 2.49. The van der Waals surface area contributed by atoms with Gasteiger partial charge in [0.05, 0.1) is 7.11 Å². The SMILES string of the molecule is CCNCC1(c2cccc(OC)c2)CCC1. The van der Waals surface area contributed by atoms with Crippen molar-refractivity contribution in [2.24, 2.45) is 0 Å². The minimum atomic E-state index is 0.366. The van der Waals surface area contributed by atoms with Crippen molar-refractivity contribution >= 4 is 0 Å². The van der Waals surface area contributed by atoms with Crippen LogP contribution in [0.15, 0.2) is 24.3 Å². The van der Waals surface area contributed by atoms with Gasteiger partial charge in [-0.1, -0.05) is 25.5 Å². The number of hydrogen-bond donors (Lipinski definition) is 1. The van der Waals surface area contributed by atoms with Gasteiger partial charge in [0.1, 0.15) is 5.75 Å². The quantitative estimate of drug-likeness (QED) is 0.822. The average Bonchev–Trinajstić information content (AvgIpc) is 2.28. The van der Waals surface area contributed by atoms with E-state index in [2.05, 4.69) is 30.4 Å². The maximum Gasteiger partial charge on any atom is 0.119 e. The van der Waals surface area contributed by atoms with Gasteiger partial charge in [-0.3, -0.25) is 0 Å². The summed E-state index contributed by atoms with van der Waals surface area (Å²) in [7, 11) is 1.73. The molecule has 1 saturated carbocycles. The van der Waals surface area contributed by atoms with Crippen LogP contribution in [-0.2, 0) is 5.41 Å². The maximum absolute atomic E-state index is 5.30. The first-order chi connectivity index (χ1) is 7.80. The van der Waals surface area contributed by atoms with Crippen molar-refractivity contribution in [3.63, 3.8) is 0 Å². The molecular formula is C14H21NO. The summed E-state index contributed by atoms with van der Waals surface area (Å²) in [5, 5.41) is 3.49. The summed E-state index contributed by atoms with van der Waals surface area (Å²) in [6.07, 6.45) is 3.95. The Morgan fingerprint density at radius 3 is 2.75 bits per heavy atom. The van der Waals surface area contributed by atoms with Crippen LogP contribution in [0.2, 0.25) is 0 Å². The zero-order chi connectivity index (χ0) is 11.4. The molecule has 88 valence electrons. The number of benzene rings is 1. The Labute approximate surface area is 98.0 Å². The summed E-state index contributed by atoms with van der Waals surface area (Å²) in [6.45, 7) is 4.31. The van der Waals surface area contributed by atoms with Crippen LogP contribution in [0.5, 0.6) is 5.75 Å². The van der Waals surface area contributed by atoms with Crippen LogP contribution in [0.25, 0.3) is 0 Å². The third-order valence-electron chi connectivity index (χ3n) is 3.71. The van der Waals surface area contributed by atoms with Crippen molar-refractivity contribution in [1.82, 2.24) is 5.32 Å². The molecule has 1 aromatic carbocycles. The zero-order valence-corrected chi connectivity index (χ0v) is 10.3. The van der Waals surface area contributed by atoms with Crippen molar-refractivity contribution < 1.29 is 4.74 Å². The van der Waals surface area contributed by atoms with Crippen LogP contribution in [0, 0.1) is 0 Å². The molecule has 0 atom stereocenters. The summed E-state index contributed by atoms with van der Waals surface area (Å²) >= 11 is 0. The van der Waals surface area contributed by atoms with Gasteiger partial charge in [-0.2, -0.15) is 0 Å². The van der Waals surface area contributed by atoms with Crippen molar-refractivity contribution in [1.29, 1.82) is 0 Å². The summed E-state index contributed by atoms with van der Waals surface area (Å²) < 4.78 is 5.30. The molecule has 0 heterocycles. The lowest BCUT2D eigenvalue weighted by Gasteiger charge is -2.43. The minimum Gasteiger partial charge on any atom is -0.497 e. The monoisotopic (exact) mass is 219 g/mol. The van der Waals surface area contributed by atoms with Gasteiger partial charge in [0.25, 0.3) is 0 Å². The molecule has 2 nitrogen and oxygen atoms in total. The van der Waals surface area contributed by atoms with Crippen molar-refractivity contribution in [2.45, 2.75) is 31.6 Å². The van der Waals surface area contributed by atoms with E-state index in [-0.39, 0.29) is 0 Å². The summed E-state index contributed by atoms with van der Waals surface area (Å²) in [5.74, 6) is 0.972. The van der Waals surface area contributed by atoms with Crippen LogP contribution in [0.4, 0.5) is 0 Å². The summed E-state index contributed by atoms with van der Waals surface area (Å²) in [4.78, 5) is 0. The van der Waals surface area contributed by atoms with Crippen LogP contribution < -0.4 is 10.1 Å². The molecule has 0 radical (unpaired) electrons. The first-order valence-corrected chi connectivity index (χ1v) is 6.16. The van der Waals surface area contributed by atoms with Gasteiger partial charge in [0, 0.05) is 12.0 Å². The second-order valence-electron chi connectivity index (χ2n) is 4.65. The molecule has 0 unspecified atom stereocenters. The lowest BCUT2D eigenvalue weighted by molar-refractivity contribution is 0.234. The molecule has 0 aliphatic heterocycles. The van der Waals surface area contributed by atoms with Gasteiger partial charge >= 0.3 is 0 Å². The number of hydrogen-bond acceptors (Lipinski definition) is 2. The molecule has 0 aromatic heterocycles. The second-order valence-corrected chi connectivity index (χ2v) is 4.65. The summed E-state index contributed by atoms with van der Waals surface area (Å²) in [6, 6.07) is 8.54. The highest BCUT2D eigenvalue weighted by atomic mass is 16.5. The molecule has 1 aromatic rings. The Balaban J connectivity index is 2.18. The van der Waals surface area contributed by atoms with Crippen LogP contribution in [0.3, 0.4) is 0 Å². The van der Waals surface area contributed by atoms with Crippen molar-refractivity contribution in [2.75, 3.05) is 20.2 Å². The summed E-state index contributed by atoms with van der Waals surface area (Å²) in [5.41, 5.74) is 1.80. The van der Waals surface area contributed by atoms with Gasteiger partial charge < -0.3 is 10.1 Å². The first-order valence-electron chi connectivity index (χ1n) is 6.16. The molecule has 0 saturated heterocycles. The molecule has 0 amide bonds. The first kappa shape index (κ1) is 11.5. The smallest absolute Gasteiger partial charge is 0.119 e. The fraction of sp³-hybridized carbons (Fsp3) is 0.571. The highest BCUT2D eigenvalue weighted by Crippen LogP contribution is 2.43. The molecule has 1 N–H and O–H groups in total. The molecular weight excluding hydrogens is 198 g/mol. The average molecular weight is 219 g/mol. The molecule has 2 heteroatoms. The highest BCUT2D eigenvalue weighted by molar-refractivity contribution is 5.35. The topological polar surface area (TPSA) is 21.3 Å². The Morgan fingerprint density at radius 1 is 1.38 bits per heavy atom. The van der Waals surface area contributed by atoms with Gasteiger partial charge in [-0.15, -0.1) is 0 Å². The standard InChI is InChI=1S/C14H21NO/c1-3-15-11-14(8-5-9-14)12-6-4-7-13(10-12)16-2/h4,6-7,10,15H,3,5,8-9,11H2,1-2H3. The van der Waals surface area contributed by atoms with Crippen molar-refractivity contribution in [3.05, 3.63) is 29.8 Å². The Morgan fingerprint density at radius 2 is 2.19 bits per heavy atom. The lowest BCUT2D eigenvalue weighted by atomic mass is 9.64. The van der Waals surface area contributed by atoms with Crippen LogP contribution in [0.1, 0.15) is 31.7 Å². The van der Waals surface area contributed by atoms with E-state index in [4.69, 9.17) is 4.74 Å². The van der Waals surface area contributed by atoms with Crippen LogP contribution >= 0.6 is 0 Å². The van der Waals surface area contributed by atoms with Gasteiger partial charge in [-0.05, 0) is 37.1 Å². The van der Waals surface area contributed by atoms with E-state index in [1.165, 1.54) is 24.8 Å². The molecule has 0 bridgehead atoms. The molecule has 1 aliphatic carbocycles. The normalized spacial score (nSPS) is 17.9. The van der Waals surface area contributed by atoms with Gasteiger partial charge in [-0.25, -0.2) is 0 Å². The third-order valence-corrected chi connectivity index (χ3v) is 3.71. The largest absolute Gasteiger partial charge is 0.497 e. The minimum absolute atomic E-state index is 0.366. The Hall–Kier alpha value is -1.02. The van der Waals surface area contributed by atoms with Crippen molar-refractivity contribution in [3.8, 4) is 5.75 Å². The van der Waals surface area contributed by atoms with E-state index in [1.54, 1.807) is 7.11 Å². The van der Waals surface area contributed by atoms with E-state index in [9.17, 15) is 0 Å². The van der Waals surface area contributed by atoms with E-state index >= 15 is 0 Å². The molecule has 1 aliphatic rings. The number of likely N-dealkylation sites (N-methyl/N-ethyl adjacent to an activating group) is 1. The molecule has 2 rings (SSSR count). The van der Waals surface area contributed by atoms with E-state index in [1.807, 2.05) is 6.07 Å². The number of rotatable bonds is 5. The third kappa shape index (κ3) is 2.07. The van der Waals surface area contributed by atoms with Crippen LogP contribution in [-0.4, -0.2) is 20.2 Å². The lowest BCUT2D eigenvalue weighted by Crippen LogP contribution is -2.43. The molecule has 1 fully saturated rings. The molecule has 16 heavy (non-hydrogen) atoms. The fourth-order valence-corrected chi connectivity index (χ4v) is 2.49. The van der Waals surface area contributed by atoms with Gasteiger partial charge in [0.2, 0.25) is 0 Å². The zero-order valence-electron chi connectivity index (χ0n) is 10.3. The van der Waals surface area contributed by atoms with E-state index in [0.717, 1.165) is 18.8 Å². The van der Waals surface area contributed by atoms with E-state index in [0.29, 0.717) is 5.41 Å². The predicted octanol–water partition coefficient (Wildman–Crippen LogP) is 2.73. The highest BCUT2D eigenvalue weighted by Gasteiger charge is 2.38. The Kier molecular flexibility index (Phi) is 3.49. The predicted molar refractivity (Wildman–Crippen MR) is 67.1 cm³/mol. The number of ether oxygens (including phenoxy) is 1. The second kappa shape index (κ2) is 4.88.